The lowest BCUT2D eigenvalue weighted by atomic mass is 9.99. The maximum absolute atomic E-state index is 11.6. The summed E-state index contributed by atoms with van der Waals surface area (Å²) in [5.74, 6) is -2.76. The van der Waals surface area contributed by atoms with Gasteiger partial charge in [-0.15, -0.1) is 0 Å². The fraction of sp³-hybridized carbons (Fsp3) is 0.308. The number of ketones is 2. The first-order valence-electron chi connectivity index (χ1n) is 5.31. The number of carboxylic acid groups (broad SMARTS) is 1. The van der Waals surface area contributed by atoms with Crippen LogP contribution >= 0.6 is 0 Å². The number of carbonyl (C=O) groups is 3. The van der Waals surface area contributed by atoms with E-state index >= 15 is 0 Å². The number of Topliss-reactive ketones (excluding diaryl/α,β-unsaturated/α-hetero) is 2. The first kappa shape index (κ1) is 13.1. The molecule has 1 aromatic rings. The minimum Gasteiger partial charge on any atom is -0.475 e. The highest BCUT2D eigenvalue weighted by Gasteiger charge is 2.17. The van der Waals surface area contributed by atoms with E-state index in [4.69, 9.17) is 5.11 Å². The van der Waals surface area contributed by atoms with Gasteiger partial charge in [-0.05, 0) is 11.5 Å². The van der Waals surface area contributed by atoms with E-state index < -0.39 is 24.0 Å². The minimum atomic E-state index is -1.57. The summed E-state index contributed by atoms with van der Waals surface area (Å²) < 4.78 is 0. The zero-order valence-corrected chi connectivity index (χ0v) is 9.77. The maximum Gasteiger partial charge on any atom is 0.372 e. The smallest absolute Gasteiger partial charge is 0.372 e. The van der Waals surface area contributed by atoms with E-state index in [9.17, 15) is 14.4 Å². The van der Waals surface area contributed by atoms with Gasteiger partial charge in [-0.25, -0.2) is 4.79 Å². The molecule has 90 valence electrons. The molecule has 0 saturated carbocycles. The molecule has 17 heavy (non-hydrogen) atoms. The zero-order chi connectivity index (χ0) is 13.0. The van der Waals surface area contributed by atoms with Crippen LogP contribution in [0.4, 0.5) is 0 Å². The largest absolute Gasteiger partial charge is 0.475 e. The van der Waals surface area contributed by atoms with Crippen LogP contribution in [0.15, 0.2) is 24.3 Å². The van der Waals surface area contributed by atoms with E-state index in [1.165, 1.54) is 0 Å². The van der Waals surface area contributed by atoms with Gasteiger partial charge in [0.2, 0.25) is 5.78 Å². The second-order valence-electron chi connectivity index (χ2n) is 4.10. The number of benzene rings is 1. The molecule has 0 radical (unpaired) electrons. The SMILES string of the molecule is CC(C)c1ccc(C(=O)CC(=O)C(=O)O)cc1. The molecule has 4 heteroatoms. The summed E-state index contributed by atoms with van der Waals surface area (Å²) >= 11 is 0. The van der Waals surface area contributed by atoms with Crippen LogP contribution in [-0.4, -0.2) is 22.6 Å². The van der Waals surface area contributed by atoms with Crippen molar-refractivity contribution in [2.75, 3.05) is 0 Å². The molecule has 0 amide bonds. The predicted octanol–water partition coefficient (Wildman–Crippen LogP) is 2.04. The highest BCUT2D eigenvalue weighted by atomic mass is 16.4. The Morgan fingerprint density at radius 2 is 1.65 bits per heavy atom. The van der Waals surface area contributed by atoms with Gasteiger partial charge in [0.1, 0.15) is 0 Å². The van der Waals surface area contributed by atoms with E-state index in [2.05, 4.69) is 0 Å². The van der Waals surface area contributed by atoms with E-state index in [1.54, 1.807) is 12.1 Å². The van der Waals surface area contributed by atoms with E-state index in [-0.39, 0.29) is 0 Å². The molecule has 0 unspecified atom stereocenters. The van der Waals surface area contributed by atoms with Gasteiger partial charge >= 0.3 is 5.97 Å². The monoisotopic (exact) mass is 234 g/mol. The van der Waals surface area contributed by atoms with Gasteiger partial charge < -0.3 is 5.11 Å². The third-order valence-electron chi connectivity index (χ3n) is 2.46. The normalized spacial score (nSPS) is 10.3. The minimum absolute atomic E-state index is 0.361. The Bertz CT molecular complexity index is 443. The zero-order valence-electron chi connectivity index (χ0n) is 9.77. The number of hydrogen-bond acceptors (Lipinski definition) is 3. The van der Waals surface area contributed by atoms with Crippen molar-refractivity contribution < 1.29 is 19.5 Å². The summed E-state index contributed by atoms with van der Waals surface area (Å²) in [6, 6.07) is 6.85. The second-order valence-corrected chi connectivity index (χ2v) is 4.10. The standard InChI is InChI=1S/C13H14O4/c1-8(2)9-3-5-10(6-4-9)11(14)7-12(15)13(16)17/h3-6,8H,7H2,1-2H3,(H,16,17). The van der Waals surface area contributed by atoms with E-state index in [1.807, 2.05) is 26.0 Å². The van der Waals surface area contributed by atoms with Gasteiger partial charge in [0.05, 0.1) is 6.42 Å². The summed E-state index contributed by atoms with van der Waals surface area (Å²) in [7, 11) is 0. The second kappa shape index (κ2) is 5.39. The van der Waals surface area contributed by atoms with Crippen molar-refractivity contribution in [3.05, 3.63) is 35.4 Å². The van der Waals surface area contributed by atoms with Crippen molar-refractivity contribution in [2.24, 2.45) is 0 Å². The molecule has 0 atom stereocenters. The summed E-state index contributed by atoms with van der Waals surface area (Å²) in [5, 5.41) is 8.39. The van der Waals surface area contributed by atoms with Gasteiger partial charge in [-0.1, -0.05) is 38.1 Å². The van der Waals surface area contributed by atoms with Gasteiger partial charge in [0.15, 0.2) is 5.78 Å². The molecule has 0 aromatic heterocycles. The van der Waals surface area contributed by atoms with Gasteiger partial charge in [0.25, 0.3) is 0 Å². The van der Waals surface area contributed by atoms with Crippen LogP contribution in [0.3, 0.4) is 0 Å². The average Bonchev–Trinajstić information content (AvgIpc) is 2.28. The molecule has 0 aliphatic carbocycles. The molecule has 0 aliphatic rings. The number of carboxylic acids is 1. The molecule has 4 nitrogen and oxygen atoms in total. The predicted molar refractivity (Wildman–Crippen MR) is 62.1 cm³/mol. The van der Waals surface area contributed by atoms with Crippen LogP contribution in [0.2, 0.25) is 0 Å². The molecule has 0 spiro atoms. The molecule has 1 rings (SSSR count). The number of carbonyl (C=O) groups excluding carboxylic acids is 2. The highest BCUT2D eigenvalue weighted by molar-refractivity contribution is 6.37. The lowest BCUT2D eigenvalue weighted by Gasteiger charge is -2.05. The van der Waals surface area contributed by atoms with Crippen LogP contribution < -0.4 is 0 Å². The van der Waals surface area contributed by atoms with Gasteiger partial charge in [-0.3, -0.25) is 9.59 Å². The molecular weight excluding hydrogens is 220 g/mol. The van der Waals surface area contributed by atoms with Crippen molar-refractivity contribution in [3.8, 4) is 0 Å². The van der Waals surface area contributed by atoms with Crippen LogP contribution in [0, 0.1) is 0 Å². The molecule has 0 aliphatic heterocycles. The summed E-state index contributed by atoms with van der Waals surface area (Å²) in [6.45, 7) is 4.07. The number of rotatable bonds is 5. The van der Waals surface area contributed by atoms with Crippen molar-refractivity contribution >= 4 is 17.5 Å². The molecule has 0 bridgehead atoms. The Labute approximate surface area is 99.3 Å². The fourth-order valence-corrected chi connectivity index (χ4v) is 1.38. The molecule has 1 N–H and O–H groups in total. The Hall–Kier alpha value is -1.97. The lowest BCUT2D eigenvalue weighted by Crippen LogP contribution is -2.17. The Morgan fingerprint density at radius 1 is 1.12 bits per heavy atom. The fourth-order valence-electron chi connectivity index (χ4n) is 1.38. The number of hydrogen-bond donors (Lipinski definition) is 1. The molecule has 0 fully saturated rings. The van der Waals surface area contributed by atoms with Crippen LogP contribution in [-0.2, 0) is 9.59 Å². The summed E-state index contributed by atoms with van der Waals surface area (Å²) in [4.78, 5) is 32.7. The summed E-state index contributed by atoms with van der Waals surface area (Å²) in [5.41, 5.74) is 1.45. The molecular formula is C13H14O4. The van der Waals surface area contributed by atoms with Crippen molar-refractivity contribution in [2.45, 2.75) is 26.2 Å². The highest BCUT2D eigenvalue weighted by Crippen LogP contribution is 2.15. The number of aliphatic carboxylic acids is 1. The maximum atomic E-state index is 11.6. The Kier molecular flexibility index (Phi) is 4.15. The molecule has 0 heterocycles. The van der Waals surface area contributed by atoms with E-state index in [0.717, 1.165) is 5.56 Å². The summed E-state index contributed by atoms with van der Waals surface area (Å²) in [6.07, 6.45) is -0.587. The molecule has 1 aromatic carbocycles. The molecule has 0 saturated heterocycles. The first-order chi connectivity index (χ1) is 7.91. The first-order valence-corrected chi connectivity index (χ1v) is 5.31. The van der Waals surface area contributed by atoms with Crippen molar-refractivity contribution in [3.63, 3.8) is 0 Å². The Morgan fingerprint density at radius 3 is 2.06 bits per heavy atom. The van der Waals surface area contributed by atoms with Crippen molar-refractivity contribution in [1.29, 1.82) is 0 Å². The van der Waals surface area contributed by atoms with Crippen LogP contribution in [0.1, 0.15) is 42.1 Å². The average molecular weight is 234 g/mol. The third kappa shape index (κ3) is 3.52. The Balaban J connectivity index is 2.77. The van der Waals surface area contributed by atoms with E-state index in [0.29, 0.717) is 11.5 Å². The van der Waals surface area contributed by atoms with Gasteiger partial charge in [0, 0.05) is 5.56 Å². The topological polar surface area (TPSA) is 71.4 Å². The van der Waals surface area contributed by atoms with Gasteiger partial charge in [-0.2, -0.15) is 0 Å². The lowest BCUT2D eigenvalue weighted by molar-refractivity contribution is -0.148. The van der Waals surface area contributed by atoms with Crippen molar-refractivity contribution in [1.82, 2.24) is 0 Å². The van der Waals surface area contributed by atoms with Crippen LogP contribution in [0.25, 0.3) is 0 Å². The quantitative estimate of drug-likeness (QED) is 0.480. The van der Waals surface area contributed by atoms with Crippen LogP contribution in [0.5, 0.6) is 0 Å². The third-order valence-corrected chi connectivity index (χ3v) is 2.46.